The lowest BCUT2D eigenvalue weighted by Crippen LogP contribution is -2.42. The Labute approximate surface area is 131 Å². The van der Waals surface area contributed by atoms with E-state index in [2.05, 4.69) is 0 Å². The summed E-state index contributed by atoms with van der Waals surface area (Å²) in [7, 11) is 0. The molecule has 0 unspecified atom stereocenters. The molecule has 1 aromatic carbocycles. The number of carbonyl (C=O) groups is 2. The van der Waals surface area contributed by atoms with Gasteiger partial charge in [-0.1, -0.05) is 30.3 Å². The van der Waals surface area contributed by atoms with Crippen molar-refractivity contribution in [1.82, 2.24) is 4.90 Å². The van der Waals surface area contributed by atoms with Crippen molar-refractivity contribution in [2.24, 2.45) is 11.7 Å². The molecule has 1 aliphatic rings. The molecule has 5 heteroatoms. The van der Waals surface area contributed by atoms with Crippen LogP contribution in [-0.4, -0.2) is 36.4 Å². The van der Waals surface area contributed by atoms with E-state index in [-0.39, 0.29) is 11.8 Å². The fraction of sp³-hybridized carbons (Fsp3) is 0.529. The van der Waals surface area contributed by atoms with Gasteiger partial charge < -0.3 is 15.4 Å². The number of carbonyl (C=O) groups excluding carboxylic acids is 2. The molecule has 5 nitrogen and oxygen atoms in total. The summed E-state index contributed by atoms with van der Waals surface area (Å²) in [5.74, 6) is 0.0376. The number of ether oxygens (including phenoxy) is 1. The fourth-order valence-corrected chi connectivity index (χ4v) is 2.91. The van der Waals surface area contributed by atoms with E-state index < -0.39 is 6.10 Å². The van der Waals surface area contributed by atoms with Crippen LogP contribution in [0.3, 0.4) is 0 Å². The lowest BCUT2D eigenvalue weighted by Gasteiger charge is -2.33. The summed E-state index contributed by atoms with van der Waals surface area (Å²) >= 11 is 0. The van der Waals surface area contributed by atoms with E-state index in [0.717, 1.165) is 18.4 Å². The Hall–Kier alpha value is -1.88. The molecule has 0 bridgehead atoms. The van der Waals surface area contributed by atoms with E-state index in [1.165, 1.54) is 0 Å². The number of hydrogen-bond donors (Lipinski definition) is 1. The Morgan fingerprint density at radius 3 is 2.45 bits per heavy atom. The molecule has 1 heterocycles. The number of primary amides is 1. The maximum Gasteiger partial charge on any atom is 0.256 e. The first-order valence-corrected chi connectivity index (χ1v) is 7.85. The van der Waals surface area contributed by atoms with E-state index in [4.69, 9.17) is 10.5 Å². The Balaban J connectivity index is 1.99. The van der Waals surface area contributed by atoms with Gasteiger partial charge in [0.2, 0.25) is 5.91 Å². The van der Waals surface area contributed by atoms with E-state index in [1.807, 2.05) is 42.2 Å². The van der Waals surface area contributed by atoms with Crippen LogP contribution in [0.4, 0.5) is 0 Å². The van der Waals surface area contributed by atoms with Gasteiger partial charge in [0.1, 0.15) is 0 Å². The summed E-state index contributed by atoms with van der Waals surface area (Å²) in [6.45, 7) is 3.70. The van der Waals surface area contributed by atoms with E-state index >= 15 is 0 Å². The van der Waals surface area contributed by atoms with Crippen LogP contribution in [0.5, 0.6) is 0 Å². The van der Waals surface area contributed by atoms with Gasteiger partial charge in [0.15, 0.2) is 6.10 Å². The molecule has 1 saturated heterocycles. The smallest absolute Gasteiger partial charge is 0.256 e. The molecule has 2 N–H and O–H groups in total. The second-order valence-corrected chi connectivity index (χ2v) is 5.69. The SMILES string of the molecule is CCO[C@H](C(=O)N1CCC(CC(N)=O)CC1)c1ccccc1. The molecular weight excluding hydrogens is 280 g/mol. The van der Waals surface area contributed by atoms with Gasteiger partial charge in [-0.3, -0.25) is 9.59 Å². The lowest BCUT2D eigenvalue weighted by atomic mass is 9.93. The third-order valence-electron chi connectivity index (χ3n) is 4.08. The van der Waals surface area contributed by atoms with Gasteiger partial charge in [-0.25, -0.2) is 0 Å². The van der Waals surface area contributed by atoms with Crippen LogP contribution in [-0.2, 0) is 14.3 Å². The molecule has 0 radical (unpaired) electrons. The summed E-state index contributed by atoms with van der Waals surface area (Å²) in [6, 6.07) is 9.57. The minimum absolute atomic E-state index is 0.00516. The van der Waals surface area contributed by atoms with Gasteiger partial charge in [-0.2, -0.15) is 0 Å². The zero-order valence-electron chi connectivity index (χ0n) is 13.0. The highest BCUT2D eigenvalue weighted by atomic mass is 16.5. The standard InChI is InChI=1S/C17H24N2O3/c1-2-22-16(14-6-4-3-5-7-14)17(21)19-10-8-13(9-11-19)12-15(18)20/h3-7,13,16H,2,8-12H2,1H3,(H2,18,20)/t16-/m0/s1. The predicted octanol–water partition coefficient (Wildman–Crippen LogP) is 1.88. The minimum atomic E-state index is -0.543. The molecule has 0 spiro atoms. The van der Waals surface area contributed by atoms with Gasteiger partial charge in [-0.05, 0) is 31.2 Å². The molecule has 0 aliphatic carbocycles. The molecule has 0 aromatic heterocycles. The second kappa shape index (κ2) is 7.94. The number of benzene rings is 1. The van der Waals surface area contributed by atoms with Crippen molar-refractivity contribution in [2.45, 2.75) is 32.3 Å². The Morgan fingerprint density at radius 2 is 1.91 bits per heavy atom. The van der Waals surface area contributed by atoms with Gasteiger partial charge >= 0.3 is 0 Å². The van der Waals surface area contributed by atoms with Gasteiger partial charge in [0, 0.05) is 26.1 Å². The van der Waals surface area contributed by atoms with Crippen molar-refractivity contribution in [3.63, 3.8) is 0 Å². The van der Waals surface area contributed by atoms with Crippen molar-refractivity contribution in [3.8, 4) is 0 Å². The number of amides is 2. The van der Waals surface area contributed by atoms with E-state index in [0.29, 0.717) is 32.0 Å². The number of hydrogen-bond acceptors (Lipinski definition) is 3. The quantitative estimate of drug-likeness (QED) is 0.872. The summed E-state index contributed by atoms with van der Waals surface area (Å²) in [4.78, 5) is 25.5. The average Bonchev–Trinajstić information content (AvgIpc) is 2.53. The van der Waals surface area contributed by atoms with E-state index in [9.17, 15) is 9.59 Å². The number of nitrogens with zero attached hydrogens (tertiary/aromatic N) is 1. The zero-order valence-corrected chi connectivity index (χ0v) is 13.0. The molecule has 22 heavy (non-hydrogen) atoms. The molecular formula is C17H24N2O3. The Morgan fingerprint density at radius 1 is 1.27 bits per heavy atom. The van der Waals surface area contributed by atoms with Crippen molar-refractivity contribution in [3.05, 3.63) is 35.9 Å². The number of nitrogens with two attached hydrogens (primary N) is 1. The predicted molar refractivity (Wildman–Crippen MR) is 83.9 cm³/mol. The second-order valence-electron chi connectivity index (χ2n) is 5.69. The normalized spacial score (nSPS) is 17.2. The average molecular weight is 304 g/mol. The number of likely N-dealkylation sites (tertiary alicyclic amines) is 1. The van der Waals surface area contributed by atoms with Crippen LogP contribution in [0, 0.1) is 5.92 Å². The van der Waals surface area contributed by atoms with Crippen LogP contribution in [0.2, 0.25) is 0 Å². The highest BCUT2D eigenvalue weighted by Gasteiger charge is 2.30. The van der Waals surface area contributed by atoms with E-state index in [1.54, 1.807) is 0 Å². The molecule has 1 fully saturated rings. The minimum Gasteiger partial charge on any atom is -0.370 e. The van der Waals surface area contributed by atoms with Crippen molar-refractivity contribution >= 4 is 11.8 Å². The molecule has 0 saturated carbocycles. The zero-order chi connectivity index (χ0) is 15.9. The van der Waals surface area contributed by atoms with Gasteiger partial charge in [-0.15, -0.1) is 0 Å². The molecule has 120 valence electrons. The lowest BCUT2D eigenvalue weighted by molar-refractivity contribution is -0.145. The largest absolute Gasteiger partial charge is 0.370 e. The maximum atomic E-state index is 12.7. The van der Waals surface area contributed by atoms with Crippen LogP contribution >= 0.6 is 0 Å². The maximum absolute atomic E-state index is 12.7. The highest BCUT2D eigenvalue weighted by Crippen LogP contribution is 2.25. The number of piperidine rings is 1. The number of rotatable bonds is 6. The van der Waals surface area contributed by atoms with Crippen LogP contribution in [0.15, 0.2) is 30.3 Å². The molecule has 2 rings (SSSR count). The van der Waals surface area contributed by atoms with Crippen LogP contribution < -0.4 is 5.73 Å². The monoisotopic (exact) mass is 304 g/mol. The van der Waals surface area contributed by atoms with Crippen LogP contribution in [0.25, 0.3) is 0 Å². The van der Waals surface area contributed by atoms with Crippen molar-refractivity contribution < 1.29 is 14.3 Å². The topological polar surface area (TPSA) is 72.6 Å². The Bertz CT molecular complexity index is 496. The summed E-state index contributed by atoms with van der Waals surface area (Å²) in [5.41, 5.74) is 6.13. The Kier molecular flexibility index (Phi) is 5.95. The first-order valence-electron chi connectivity index (χ1n) is 7.85. The first-order chi connectivity index (χ1) is 10.6. The summed E-state index contributed by atoms with van der Waals surface area (Å²) in [6.07, 6.45) is 1.51. The van der Waals surface area contributed by atoms with Gasteiger partial charge in [0.25, 0.3) is 5.91 Å². The van der Waals surface area contributed by atoms with Gasteiger partial charge in [0.05, 0.1) is 0 Å². The van der Waals surface area contributed by atoms with Crippen LogP contribution in [0.1, 0.15) is 37.9 Å². The third-order valence-corrected chi connectivity index (χ3v) is 4.08. The molecule has 1 aromatic rings. The fourth-order valence-electron chi connectivity index (χ4n) is 2.91. The molecule has 1 aliphatic heterocycles. The third kappa shape index (κ3) is 4.31. The van der Waals surface area contributed by atoms with Crippen molar-refractivity contribution in [1.29, 1.82) is 0 Å². The molecule has 2 amide bonds. The molecule has 1 atom stereocenters. The summed E-state index contributed by atoms with van der Waals surface area (Å²) in [5, 5.41) is 0. The summed E-state index contributed by atoms with van der Waals surface area (Å²) < 4.78 is 5.67. The first kappa shape index (κ1) is 16.5. The van der Waals surface area contributed by atoms with Crippen molar-refractivity contribution in [2.75, 3.05) is 19.7 Å². The highest BCUT2D eigenvalue weighted by molar-refractivity contribution is 5.82.